The minimum Gasteiger partial charge on any atom is -0.481 e. The Kier molecular flexibility index (Phi) is 4.49. The first kappa shape index (κ1) is 13.8. The number of methoxy groups -OCH3 is 1. The standard InChI is InChI=1S/C14H16N4O2/c1-3-15-12-6-4-5-11(18-12)14(19)17-10-7-8-13(20-2)16-9-10/h4-9H,3H2,1-2H3,(H,15,18)(H,17,19). The van der Waals surface area contributed by atoms with E-state index in [-0.39, 0.29) is 5.91 Å². The van der Waals surface area contributed by atoms with Crippen LogP contribution in [0.15, 0.2) is 36.5 Å². The third-order valence-corrected chi connectivity index (χ3v) is 2.54. The van der Waals surface area contributed by atoms with Crippen LogP contribution in [0.1, 0.15) is 17.4 Å². The van der Waals surface area contributed by atoms with Gasteiger partial charge in [0.25, 0.3) is 5.91 Å². The van der Waals surface area contributed by atoms with Gasteiger partial charge in [-0.25, -0.2) is 9.97 Å². The number of hydrogen-bond donors (Lipinski definition) is 2. The fourth-order valence-corrected chi connectivity index (χ4v) is 1.61. The summed E-state index contributed by atoms with van der Waals surface area (Å²) in [4.78, 5) is 20.3. The lowest BCUT2D eigenvalue weighted by molar-refractivity contribution is 0.102. The summed E-state index contributed by atoms with van der Waals surface area (Å²) in [6.07, 6.45) is 1.53. The van der Waals surface area contributed by atoms with Crippen LogP contribution in [0, 0.1) is 0 Å². The van der Waals surface area contributed by atoms with Gasteiger partial charge in [-0.1, -0.05) is 6.07 Å². The fraction of sp³-hybridized carbons (Fsp3) is 0.214. The Labute approximate surface area is 117 Å². The van der Waals surface area contributed by atoms with Gasteiger partial charge in [0.05, 0.1) is 19.0 Å². The molecule has 0 radical (unpaired) electrons. The number of rotatable bonds is 5. The molecule has 20 heavy (non-hydrogen) atoms. The van der Waals surface area contributed by atoms with E-state index in [1.807, 2.05) is 13.0 Å². The average molecular weight is 272 g/mol. The molecular formula is C14H16N4O2. The molecule has 2 heterocycles. The van der Waals surface area contributed by atoms with E-state index in [0.29, 0.717) is 23.1 Å². The second kappa shape index (κ2) is 6.51. The van der Waals surface area contributed by atoms with E-state index in [1.54, 1.807) is 24.3 Å². The van der Waals surface area contributed by atoms with Gasteiger partial charge < -0.3 is 15.4 Å². The summed E-state index contributed by atoms with van der Waals surface area (Å²) in [6, 6.07) is 8.66. The summed E-state index contributed by atoms with van der Waals surface area (Å²) in [5, 5.41) is 5.79. The lowest BCUT2D eigenvalue weighted by Gasteiger charge is -2.07. The zero-order valence-electron chi connectivity index (χ0n) is 11.4. The Bertz CT molecular complexity index is 584. The van der Waals surface area contributed by atoms with Crippen LogP contribution in [-0.4, -0.2) is 29.5 Å². The van der Waals surface area contributed by atoms with Crippen LogP contribution in [0.4, 0.5) is 11.5 Å². The molecule has 0 saturated carbocycles. The number of nitrogens with zero attached hydrogens (tertiary/aromatic N) is 2. The molecule has 1 amide bonds. The molecule has 0 bridgehead atoms. The lowest BCUT2D eigenvalue weighted by atomic mass is 10.3. The Morgan fingerprint density at radius 3 is 2.80 bits per heavy atom. The molecule has 0 unspecified atom stereocenters. The largest absolute Gasteiger partial charge is 0.481 e. The number of amides is 1. The third kappa shape index (κ3) is 3.44. The van der Waals surface area contributed by atoms with Gasteiger partial charge in [-0.3, -0.25) is 4.79 Å². The Balaban J connectivity index is 2.08. The SMILES string of the molecule is CCNc1cccc(C(=O)Nc2ccc(OC)nc2)n1. The molecule has 0 saturated heterocycles. The summed E-state index contributed by atoms with van der Waals surface area (Å²) < 4.78 is 4.96. The third-order valence-electron chi connectivity index (χ3n) is 2.54. The van der Waals surface area contributed by atoms with E-state index in [1.165, 1.54) is 13.3 Å². The summed E-state index contributed by atoms with van der Waals surface area (Å²) in [6.45, 7) is 2.72. The van der Waals surface area contributed by atoms with Gasteiger partial charge in [0.2, 0.25) is 5.88 Å². The molecule has 2 rings (SSSR count). The normalized spacial score (nSPS) is 9.90. The molecule has 2 N–H and O–H groups in total. The maximum atomic E-state index is 12.1. The molecule has 2 aromatic rings. The minimum atomic E-state index is -0.281. The van der Waals surface area contributed by atoms with E-state index in [2.05, 4.69) is 20.6 Å². The number of carbonyl (C=O) groups is 1. The van der Waals surface area contributed by atoms with E-state index in [0.717, 1.165) is 6.54 Å². The van der Waals surface area contributed by atoms with Crippen molar-refractivity contribution >= 4 is 17.4 Å². The molecule has 0 atom stereocenters. The van der Waals surface area contributed by atoms with Gasteiger partial charge in [0.1, 0.15) is 11.5 Å². The molecule has 0 aliphatic heterocycles. The quantitative estimate of drug-likeness (QED) is 0.872. The second-order valence-corrected chi connectivity index (χ2v) is 3.98. The van der Waals surface area contributed by atoms with Gasteiger partial charge in [-0.05, 0) is 25.1 Å². The first-order valence-corrected chi connectivity index (χ1v) is 6.25. The Hall–Kier alpha value is -2.63. The average Bonchev–Trinajstić information content (AvgIpc) is 2.48. The van der Waals surface area contributed by atoms with Crippen LogP contribution in [-0.2, 0) is 0 Å². The number of nitrogens with one attached hydrogen (secondary N) is 2. The highest BCUT2D eigenvalue weighted by molar-refractivity contribution is 6.02. The maximum absolute atomic E-state index is 12.1. The van der Waals surface area contributed by atoms with E-state index >= 15 is 0 Å². The summed E-state index contributed by atoms with van der Waals surface area (Å²) in [7, 11) is 1.54. The first-order valence-electron chi connectivity index (χ1n) is 6.25. The van der Waals surface area contributed by atoms with Crippen molar-refractivity contribution in [2.75, 3.05) is 24.3 Å². The van der Waals surface area contributed by atoms with Crippen LogP contribution in [0.3, 0.4) is 0 Å². The molecule has 6 nitrogen and oxygen atoms in total. The van der Waals surface area contributed by atoms with Crippen LogP contribution < -0.4 is 15.4 Å². The predicted molar refractivity (Wildman–Crippen MR) is 77.1 cm³/mol. The highest BCUT2D eigenvalue weighted by Gasteiger charge is 2.08. The van der Waals surface area contributed by atoms with Crippen LogP contribution in [0.2, 0.25) is 0 Å². The van der Waals surface area contributed by atoms with Gasteiger partial charge in [-0.2, -0.15) is 0 Å². The Morgan fingerprint density at radius 1 is 1.30 bits per heavy atom. The second-order valence-electron chi connectivity index (χ2n) is 3.98. The van der Waals surface area contributed by atoms with Gasteiger partial charge in [0.15, 0.2) is 0 Å². The van der Waals surface area contributed by atoms with Gasteiger partial charge in [-0.15, -0.1) is 0 Å². The van der Waals surface area contributed by atoms with Crippen molar-refractivity contribution in [2.24, 2.45) is 0 Å². The van der Waals surface area contributed by atoms with Crippen molar-refractivity contribution in [1.82, 2.24) is 9.97 Å². The molecule has 0 spiro atoms. The van der Waals surface area contributed by atoms with Crippen LogP contribution in [0.5, 0.6) is 5.88 Å². The fourth-order valence-electron chi connectivity index (χ4n) is 1.61. The van der Waals surface area contributed by atoms with Gasteiger partial charge >= 0.3 is 0 Å². The number of ether oxygens (including phenoxy) is 1. The molecule has 2 aromatic heterocycles. The van der Waals surface area contributed by atoms with E-state index in [4.69, 9.17) is 4.74 Å². The summed E-state index contributed by atoms with van der Waals surface area (Å²) >= 11 is 0. The molecule has 0 aliphatic rings. The molecule has 0 aliphatic carbocycles. The summed E-state index contributed by atoms with van der Waals surface area (Å²) in [5.74, 6) is 0.889. The van der Waals surface area contributed by atoms with Crippen molar-refractivity contribution in [1.29, 1.82) is 0 Å². The lowest BCUT2D eigenvalue weighted by Crippen LogP contribution is -2.14. The summed E-state index contributed by atoms with van der Waals surface area (Å²) in [5.41, 5.74) is 0.936. The van der Waals surface area contributed by atoms with Gasteiger partial charge in [0, 0.05) is 12.6 Å². The van der Waals surface area contributed by atoms with Crippen molar-refractivity contribution in [3.05, 3.63) is 42.2 Å². The zero-order valence-corrected chi connectivity index (χ0v) is 11.4. The van der Waals surface area contributed by atoms with Crippen molar-refractivity contribution in [3.63, 3.8) is 0 Å². The van der Waals surface area contributed by atoms with Crippen LogP contribution >= 0.6 is 0 Å². The number of carbonyl (C=O) groups excluding carboxylic acids is 1. The Morgan fingerprint density at radius 2 is 2.15 bits per heavy atom. The topological polar surface area (TPSA) is 76.1 Å². The van der Waals surface area contributed by atoms with Crippen molar-refractivity contribution in [2.45, 2.75) is 6.92 Å². The predicted octanol–water partition coefficient (Wildman–Crippen LogP) is 2.17. The molecule has 0 fully saturated rings. The smallest absolute Gasteiger partial charge is 0.274 e. The number of aromatic nitrogens is 2. The van der Waals surface area contributed by atoms with Crippen LogP contribution in [0.25, 0.3) is 0 Å². The van der Waals surface area contributed by atoms with E-state index < -0.39 is 0 Å². The molecular weight excluding hydrogens is 256 g/mol. The molecule has 6 heteroatoms. The number of hydrogen-bond acceptors (Lipinski definition) is 5. The minimum absolute atomic E-state index is 0.281. The zero-order chi connectivity index (χ0) is 14.4. The van der Waals surface area contributed by atoms with Crippen molar-refractivity contribution < 1.29 is 9.53 Å². The number of pyridine rings is 2. The number of anilines is 2. The van der Waals surface area contributed by atoms with E-state index in [9.17, 15) is 4.79 Å². The highest BCUT2D eigenvalue weighted by Crippen LogP contribution is 2.12. The first-order chi connectivity index (χ1) is 9.72. The monoisotopic (exact) mass is 272 g/mol. The molecule has 0 aromatic carbocycles. The molecule has 104 valence electrons. The maximum Gasteiger partial charge on any atom is 0.274 e. The highest BCUT2D eigenvalue weighted by atomic mass is 16.5. The van der Waals surface area contributed by atoms with Crippen molar-refractivity contribution in [3.8, 4) is 5.88 Å².